The number of allylic oxidation sites excluding steroid dienone is 2. The van der Waals surface area contributed by atoms with Crippen molar-refractivity contribution >= 4 is 23.5 Å². The summed E-state index contributed by atoms with van der Waals surface area (Å²) in [7, 11) is 0. The summed E-state index contributed by atoms with van der Waals surface area (Å²) in [6.45, 7) is 3.97. The standard InChI is InChI=1S/C32H27NO4/c1-17-3-5-19(6-4-17)21-9-14-27(18(2)15-21)37-32(36)20-7-10-22(11-8-20)33-30(34)28-23-12-13-24(26-16-25(23)26)29(28)31(33)35/h3-15,23-26,28-29H,16H2,1-2H3/t23-,24-,25-,26-,28-,29+/m0/s1. The summed E-state index contributed by atoms with van der Waals surface area (Å²) in [6, 6.07) is 20.7. The maximum atomic E-state index is 13.3. The minimum absolute atomic E-state index is 0.0979. The molecule has 37 heavy (non-hydrogen) atoms. The summed E-state index contributed by atoms with van der Waals surface area (Å²) in [5, 5.41) is 0. The second kappa shape index (κ2) is 8.01. The zero-order chi connectivity index (χ0) is 25.4. The minimum Gasteiger partial charge on any atom is -0.423 e. The van der Waals surface area contributed by atoms with E-state index in [2.05, 4.69) is 43.3 Å². The van der Waals surface area contributed by atoms with Gasteiger partial charge in [-0.3, -0.25) is 14.5 Å². The first-order valence-corrected chi connectivity index (χ1v) is 13.0. The van der Waals surface area contributed by atoms with Crippen molar-refractivity contribution in [2.45, 2.75) is 20.3 Å². The maximum Gasteiger partial charge on any atom is 0.343 e. The van der Waals surface area contributed by atoms with E-state index in [0.717, 1.165) is 23.1 Å². The molecule has 1 saturated heterocycles. The highest BCUT2D eigenvalue weighted by Gasteiger charge is 2.67. The third-order valence-corrected chi connectivity index (χ3v) is 8.79. The Morgan fingerprint density at radius 3 is 1.97 bits per heavy atom. The monoisotopic (exact) mass is 489 g/mol. The van der Waals surface area contributed by atoms with Crippen LogP contribution >= 0.6 is 0 Å². The first-order valence-electron chi connectivity index (χ1n) is 13.0. The molecule has 6 atom stereocenters. The number of hydrogen-bond acceptors (Lipinski definition) is 4. The summed E-state index contributed by atoms with van der Waals surface area (Å²) in [4.78, 5) is 40.9. The van der Waals surface area contributed by atoms with Gasteiger partial charge in [-0.25, -0.2) is 4.79 Å². The molecule has 2 bridgehead atoms. The smallest absolute Gasteiger partial charge is 0.343 e. The lowest BCUT2D eigenvalue weighted by atomic mass is 9.63. The predicted molar refractivity (Wildman–Crippen MR) is 140 cm³/mol. The fourth-order valence-electron chi connectivity index (χ4n) is 6.81. The number of esters is 1. The molecular weight excluding hydrogens is 462 g/mol. The van der Waals surface area contributed by atoms with Gasteiger partial charge in [0.1, 0.15) is 5.75 Å². The van der Waals surface area contributed by atoms with E-state index < -0.39 is 5.97 Å². The van der Waals surface area contributed by atoms with Gasteiger partial charge in [-0.2, -0.15) is 0 Å². The topological polar surface area (TPSA) is 63.7 Å². The van der Waals surface area contributed by atoms with Crippen LogP contribution in [-0.2, 0) is 9.59 Å². The molecule has 5 aliphatic rings. The van der Waals surface area contributed by atoms with E-state index in [4.69, 9.17) is 4.74 Å². The van der Waals surface area contributed by atoms with Gasteiger partial charge >= 0.3 is 5.97 Å². The van der Waals surface area contributed by atoms with Gasteiger partial charge in [-0.15, -0.1) is 0 Å². The van der Waals surface area contributed by atoms with E-state index in [1.54, 1.807) is 24.3 Å². The number of hydrogen-bond donors (Lipinski definition) is 0. The van der Waals surface area contributed by atoms with Gasteiger partial charge in [-0.05, 0) is 97.0 Å². The summed E-state index contributed by atoms with van der Waals surface area (Å²) in [5.74, 6) is 0.877. The van der Waals surface area contributed by atoms with Crippen molar-refractivity contribution in [3.05, 3.63) is 95.6 Å². The summed E-state index contributed by atoms with van der Waals surface area (Å²) in [6.07, 6.45) is 5.48. The maximum absolute atomic E-state index is 13.3. The van der Waals surface area contributed by atoms with Crippen LogP contribution in [0, 0.1) is 49.4 Å². The number of aryl methyl sites for hydroxylation is 2. The van der Waals surface area contributed by atoms with E-state index in [-0.39, 0.29) is 35.5 Å². The second-order valence-electron chi connectivity index (χ2n) is 10.9. The zero-order valence-corrected chi connectivity index (χ0v) is 20.8. The normalized spacial score (nSPS) is 28.8. The number of ether oxygens (including phenoxy) is 1. The molecule has 1 heterocycles. The fraction of sp³-hybridized carbons (Fsp3) is 0.281. The van der Waals surface area contributed by atoms with Crippen molar-refractivity contribution in [2.24, 2.45) is 35.5 Å². The number of carbonyl (C=O) groups is 3. The van der Waals surface area contributed by atoms with Gasteiger partial charge in [0, 0.05) is 0 Å². The molecule has 0 spiro atoms. The average molecular weight is 490 g/mol. The van der Waals surface area contributed by atoms with Crippen LogP contribution in [0.5, 0.6) is 5.75 Å². The SMILES string of the molecule is Cc1ccc(-c2ccc(OC(=O)c3ccc(N4C(=O)[C@@H]5[C@H]6C=C[C@@H]([C@@H]7C[C@@H]67)[C@@H]5C4=O)cc3)c(C)c2)cc1. The number of carbonyl (C=O) groups excluding carboxylic acids is 3. The molecule has 5 heteroatoms. The van der Waals surface area contributed by atoms with Crippen molar-refractivity contribution in [3.63, 3.8) is 0 Å². The molecular formula is C32H27NO4. The Balaban J connectivity index is 1.07. The van der Waals surface area contributed by atoms with Gasteiger partial charge in [-0.1, -0.05) is 48.0 Å². The largest absolute Gasteiger partial charge is 0.423 e. The van der Waals surface area contributed by atoms with Gasteiger partial charge < -0.3 is 4.74 Å². The van der Waals surface area contributed by atoms with Crippen molar-refractivity contribution < 1.29 is 19.1 Å². The quantitative estimate of drug-likeness (QED) is 0.203. The van der Waals surface area contributed by atoms with E-state index in [9.17, 15) is 14.4 Å². The highest BCUT2D eigenvalue weighted by Crippen LogP contribution is 2.65. The van der Waals surface area contributed by atoms with Crippen LogP contribution in [0.15, 0.2) is 78.9 Å². The molecule has 3 fully saturated rings. The van der Waals surface area contributed by atoms with Gasteiger partial charge in [0.15, 0.2) is 0 Å². The third-order valence-electron chi connectivity index (χ3n) is 8.79. The Labute approximate surface area is 215 Å². The first-order chi connectivity index (χ1) is 17.9. The number of amides is 2. The highest BCUT2D eigenvalue weighted by molar-refractivity contribution is 6.22. The Morgan fingerprint density at radius 2 is 1.38 bits per heavy atom. The Bertz CT molecular complexity index is 1450. The van der Waals surface area contributed by atoms with Crippen molar-refractivity contribution in [1.82, 2.24) is 0 Å². The first kappa shape index (κ1) is 22.2. The lowest BCUT2D eigenvalue weighted by Gasteiger charge is -2.37. The number of anilines is 1. The average Bonchev–Trinajstić information content (AvgIpc) is 3.69. The van der Waals surface area contributed by atoms with Gasteiger partial charge in [0.2, 0.25) is 11.8 Å². The Kier molecular flexibility index (Phi) is 4.81. The van der Waals surface area contributed by atoms with Gasteiger partial charge in [0.05, 0.1) is 23.1 Å². The van der Waals surface area contributed by atoms with Crippen LogP contribution in [0.3, 0.4) is 0 Å². The molecule has 4 aliphatic carbocycles. The number of benzene rings is 3. The zero-order valence-electron chi connectivity index (χ0n) is 20.8. The lowest BCUT2D eigenvalue weighted by molar-refractivity contribution is -0.124. The van der Waals surface area contributed by atoms with E-state index in [1.807, 2.05) is 25.1 Å². The molecule has 0 N–H and O–H groups in total. The van der Waals surface area contributed by atoms with E-state index in [1.165, 1.54) is 10.5 Å². The van der Waals surface area contributed by atoms with Crippen molar-refractivity contribution in [3.8, 4) is 16.9 Å². The predicted octanol–water partition coefficient (Wildman–Crippen LogP) is 5.75. The summed E-state index contributed by atoms with van der Waals surface area (Å²) < 4.78 is 5.68. The molecule has 0 unspecified atom stereocenters. The molecule has 2 amide bonds. The number of imide groups is 1. The van der Waals surface area contributed by atoms with E-state index in [0.29, 0.717) is 28.8 Å². The molecule has 2 saturated carbocycles. The number of rotatable bonds is 4. The van der Waals surface area contributed by atoms with E-state index >= 15 is 0 Å². The minimum atomic E-state index is -0.479. The van der Waals surface area contributed by atoms with Crippen LogP contribution in [0.2, 0.25) is 0 Å². The lowest BCUT2D eigenvalue weighted by Crippen LogP contribution is -2.40. The molecule has 184 valence electrons. The molecule has 3 aromatic rings. The number of nitrogens with zero attached hydrogens (tertiary/aromatic N) is 1. The van der Waals surface area contributed by atoms with Gasteiger partial charge in [0.25, 0.3) is 0 Å². The van der Waals surface area contributed by atoms with Crippen LogP contribution in [-0.4, -0.2) is 17.8 Å². The molecule has 8 rings (SSSR count). The second-order valence-corrected chi connectivity index (χ2v) is 10.9. The van der Waals surface area contributed by atoms with Crippen molar-refractivity contribution in [1.29, 1.82) is 0 Å². The van der Waals surface area contributed by atoms with Crippen LogP contribution in [0.25, 0.3) is 11.1 Å². The Morgan fingerprint density at radius 1 is 0.784 bits per heavy atom. The highest BCUT2D eigenvalue weighted by atomic mass is 16.5. The molecule has 0 aromatic heterocycles. The molecule has 3 aromatic carbocycles. The Hall–Kier alpha value is -3.99. The van der Waals surface area contributed by atoms with Crippen LogP contribution in [0.4, 0.5) is 5.69 Å². The van der Waals surface area contributed by atoms with Crippen LogP contribution < -0.4 is 9.64 Å². The summed E-state index contributed by atoms with van der Waals surface area (Å²) >= 11 is 0. The fourth-order valence-corrected chi connectivity index (χ4v) is 6.81. The molecule has 0 radical (unpaired) electrons. The summed E-state index contributed by atoms with van der Waals surface area (Å²) in [5.41, 5.74) is 5.12. The van der Waals surface area contributed by atoms with Crippen molar-refractivity contribution in [2.75, 3.05) is 4.90 Å². The molecule has 5 nitrogen and oxygen atoms in total. The third kappa shape index (κ3) is 3.41. The molecule has 1 aliphatic heterocycles. The van der Waals surface area contributed by atoms with Crippen LogP contribution in [0.1, 0.15) is 27.9 Å².